The average molecular weight is 781 g/mol. The SMILES string of the molecule is CC(O)=[N+](O)CCCC1NC(=O)CNC(=O)C(Cc2ccccc2)NC(=O)CNC(=O)C(CCC[N+](O)=C(C)O)NC(=O)C(CCC[N+](O)=C(C)O)NC1=O. The van der Waals surface area contributed by atoms with E-state index in [4.69, 9.17) is 0 Å². The fourth-order valence-corrected chi connectivity index (χ4v) is 5.30. The predicted octanol–water partition coefficient (Wildman–Crippen LogP) is -2.11. The second-order valence-electron chi connectivity index (χ2n) is 12.9. The number of nitrogens with zero attached hydrogens (tertiary/aromatic N) is 3. The molecule has 0 spiro atoms. The van der Waals surface area contributed by atoms with Crippen LogP contribution in [-0.2, 0) is 35.2 Å². The maximum absolute atomic E-state index is 13.8. The van der Waals surface area contributed by atoms with E-state index in [1.54, 1.807) is 30.3 Å². The summed E-state index contributed by atoms with van der Waals surface area (Å²) in [5.74, 6) is -6.14. The molecule has 21 heteroatoms. The molecule has 55 heavy (non-hydrogen) atoms. The number of carbonyl (C=O) groups is 6. The summed E-state index contributed by atoms with van der Waals surface area (Å²) in [6, 6.07) is 3.40. The maximum Gasteiger partial charge on any atom is 0.379 e. The number of carbonyl (C=O) groups excluding carboxylic acids is 6. The van der Waals surface area contributed by atoms with Crippen LogP contribution in [0.25, 0.3) is 0 Å². The zero-order valence-electron chi connectivity index (χ0n) is 31.2. The summed E-state index contributed by atoms with van der Waals surface area (Å²) in [4.78, 5) is 80.4. The molecule has 1 saturated heterocycles. The molecular weight excluding hydrogens is 726 g/mol. The summed E-state index contributed by atoms with van der Waals surface area (Å²) in [7, 11) is 0. The Hall–Kier alpha value is -6.15. The Morgan fingerprint density at radius 1 is 0.545 bits per heavy atom. The van der Waals surface area contributed by atoms with Crippen molar-refractivity contribution in [3.05, 3.63) is 35.9 Å². The number of rotatable bonds is 14. The molecule has 1 aliphatic heterocycles. The van der Waals surface area contributed by atoms with E-state index in [2.05, 4.69) is 31.9 Å². The van der Waals surface area contributed by atoms with Gasteiger partial charge in [0.1, 0.15) is 24.2 Å². The minimum atomic E-state index is -1.39. The van der Waals surface area contributed by atoms with Crippen LogP contribution in [0.4, 0.5) is 0 Å². The highest BCUT2D eigenvalue weighted by Crippen LogP contribution is 2.08. The minimum absolute atomic E-state index is 0.0148. The van der Waals surface area contributed by atoms with Crippen molar-refractivity contribution in [1.29, 1.82) is 0 Å². The predicted molar refractivity (Wildman–Crippen MR) is 192 cm³/mol. The molecule has 0 saturated carbocycles. The quantitative estimate of drug-likeness (QED) is 0.0318. The summed E-state index contributed by atoms with van der Waals surface area (Å²) in [5.41, 5.74) is 0.672. The molecule has 4 atom stereocenters. The van der Waals surface area contributed by atoms with Crippen molar-refractivity contribution in [2.24, 2.45) is 0 Å². The van der Waals surface area contributed by atoms with Gasteiger partial charge in [0, 0.05) is 39.9 Å². The summed E-state index contributed by atoms with van der Waals surface area (Å²) in [5, 5.41) is 73.4. The highest BCUT2D eigenvalue weighted by Gasteiger charge is 2.32. The number of hydrogen-bond acceptors (Lipinski definition) is 9. The van der Waals surface area contributed by atoms with Crippen molar-refractivity contribution in [3.8, 4) is 0 Å². The average Bonchev–Trinajstić information content (AvgIpc) is 3.13. The van der Waals surface area contributed by atoms with Gasteiger partial charge < -0.3 is 47.2 Å². The lowest BCUT2D eigenvalue weighted by molar-refractivity contribution is -0.779. The zero-order chi connectivity index (χ0) is 41.1. The summed E-state index contributed by atoms with van der Waals surface area (Å²) in [6.45, 7) is 1.97. The van der Waals surface area contributed by atoms with Gasteiger partial charge in [-0.2, -0.15) is 0 Å². The van der Waals surface area contributed by atoms with E-state index in [9.17, 15) is 59.7 Å². The van der Waals surface area contributed by atoms with E-state index < -0.39 is 90.4 Å². The van der Waals surface area contributed by atoms with Crippen LogP contribution in [-0.4, -0.2) is 155 Å². The van der Waals surface area contributed by atoms with Crippen LogP contribution >= 0.6 is 0 Å². The van der Waals surface area contributed by atoms with Gasteiger partial charge in [-0.1, -0.05) is 30.3 Å². The third-order valence-electron chi connectivity index (χ3n) is 8.41. The molecule has 0 aromatic heterocycles. The zero-order valence-corrected chi connectivity index (χ0v) is 31.2. The normalized spacial score (nSPS) is 22.2. The van der Waals surface area contributed by atoms with E-state index in [0.717, 1.165) is 0 Å². The van der Waals surface area contributed by atoms with Crippen LogP contribution in [0.5, 0.6) is 0 Å². The second kappa shape index (κ2) is 22.8. The number of benzene rings is 1. The Kier molecular flexibility index (Phi) is 18.7. The Labute approximate surface area is 317 Å². The first kappa shape index (κ1) is 45.0. The minimum Gasteiger partial charge on any atom is -0.461 e. The number of aliphatic hydroxyl groups is 3. The van der Waals surface area contributed by atoms with Gasteiger partial charge in [-0.3, -0.25) is 44.4 Å². The van der Waals surface area contributed by atoms with E-state index in [1.807, 2.05) is 0 Å². The summed E-state index contributed by atoms with van der Waals surface area (Å²) in [6.07, 6.45) is -0.269. The molecule has 1 aromatic carbocycles. The summed E-state index contributed by atoms with van der Waals surface area (Å²) < 4.78 is 1.58. The van der Waals surface area contributed by atoms with Gasteiger partial charge in [0.2, 0.25) is 35.4 Å². The van der Waals surface area contributed by atoms with Crippen molar-refractivity contribution < 1.29 is 73.9 Å². The lowest BCUT2D eigenvalue weighted by Gasteiger charge is -2.26. The first-order chi connectivity index (χ1) is 26.0. The third kappa shape index (κ3) is 16.6. The number of hydroxylamine groups is 3. The number of amides is 6. The fourth-order valence-electron chi connectivity index (χ4n) is 5.30. The van der Waals surface area contributed by atoms with E-state index >= 15 is 0 Å². The van der Waals surface area contributed by atoms with Crippen molar-refractivity contribution in [3.63, 3.8) is 0 Å². The highest BCUT2D eigenvalue weighted by atomic mass is 16.5. The molecular formula is C34H54N9O12+3. The second-order valence-corrected chi connectivity index (χ2v) is 12.9. The largest absolute Gasteiger partial charge is 0.461 e. The summed E-state index contributed by atoms with van der Waals surface area (Å²) >= 11 is 0. The van der Waals surface area contributed by atoms with Crippen LogP contribution in [0.15, 0.2) is 30.3 Å². The van der Waals surface area contributed by atoms with Gasteiger partial charge in [0.05, 0.1) is 33.9 Å². The van der Waals surface area contributed by atoms with Gasteiger partial charge in [-0.15, -0.1) is 0 Å². The first-order valence-electron chi connectivity index (χ1n) is 17.7. The van der Waals surface area contributed by atoms with Crippen LogP contribution in [0, 0.1) is 0 Å². The Balaban J connectivity index is 2.50. The molecule has 4 unspecified atom stereocenters. The van der Waals surface area contributed by atoms with Gasteiger partial charge in [-0.25, -0.2) is 0 Å². The van der Waals surface area contributed by atoms with Crippen LogP contribution < -0.4 is 31.9 Å². The smallest absolute Gasteiger partial charge is 0.379 e. The topological polar surface area (TPSA) is 305 Å². The molecule has 6 amide bonds. The lowest BCUT2D eigenvalue weighted by atomic mass is 10.0. The number of aliphatic hydroxyl groups excluding tert-OH is 3. The van der Waals surface area contributed by atoms with Crippen molar-refractivity contribution >= 4 is 53.1 Å². The molecule has 0 aliphatic carbocycles. The molecule has 2 rings (SSSR count). The fraction of sp³-hybridized carbons (Fsp3) is 0.559. The molecule has 0 bridgehead atoms. The lowest BCUT2D eigenvalue weighted by Crippen LogP contribution is -2.58. The Morgan fingerprint density at radius 3 is 1.29 bits per heavy atom. The highest BCUT2D eigenvalue weighted by molar-refractivity contribution is 5.96. The molecule has 21 nitrogen and oxygen atoms in total. The number of nitrogens with one attached hydrogen (secondary N) is 6. The third-order valence-corrected chi connectivity index (χ3v) is 8.41. The van der Waals surface area contributed by atoms with Crippen LogP contribution in [0.3, 0.4) is 0 Å². The molecule has 1 aromatic rings. The Morgan fingerprint density at radius 2 is 0.891 bits per heavy atom. The van der Waals surface area contributed by atoms with Crippen molar-refractivity contribution in [2.45, 2.75) is 89.9 Å². The molecule has 12 N–H and O–H groups in total. The van der Waals surface area contributed by atoms with Crippen LogP contribution in [0.2, 0.25) is 0 Å². The van der Waals surface area contributed by atoms with Crippen LogP contribution in [0.1, 0.15) is 64.9 Å². The first-order valence-corrected chi connectivity index (χ1v) is 17.7. The van der Waals surface area contributed by atoms with Crippen molar-refractivity contribution in [2.75, 3.05) is 32.7 Å². The van der Waals surface area contributed by atoms with Gasteiger partial charge in [0.15, 0.2) is 19.6 Å². The van der Waals surface area contributed by atoms with E-state index in [-0.39, 0.29) is 64.6 Å². The van der Waals surface area contributed by atoms with Gasteiger partial charge in [-0.05, 0) is 24.8 Å². The van der Waals surface area contributed by atoms with Gasteiger partial charge in [0.25, 0.3) is 0 Å². The molecule has 1 aliphatic rings. The molecule has 304 valence electrons. The molecule has 0 radical (unpaired) electrons. The van der Waals surface area contributed by atoms with Crippen molar-refractivity contribution in [1.82, 2.24) is 31.9 Å². The Bertz CT molecular complexity index is 1580. The van der Waals surface area contributed by atoms with E-state index in [1.165, 1.54) is 20.8 Å². The van der Waals surface area contributed by atoms with E-state index in [0.29, 0.717) is 19.8 Å². The standard InChI is InChI=1S/C34H51N9O12/c1-21(44)41(53)15-7-12-25-31(49)35-20-30(48)38-28(18-24-10-5-4-6-11-24)32(50)36-19-29(47)37-26(13-8-16-42(54)22(2)45)33(51)40-27(34(52)39-25)14-9-17-43(55)23(3)46/h4-6,10-11,25-28,53-55H,7-9,12-20H2,1-3H3,(H6,35,36,37,38,39,40,47,48,49,50,51,52)/p+3. The maximum atomic E-state index is 13.8. The van der Waals surface area contributed by atoms with Gasteiger partial charge >= 0.3 is 17.7 Å². The molecule has 1 heterocycles. The molecule has 1 fully saturated rings. The monoisotopic (exact) mass is 780 g/mol. The number of hydrogen-bond donors (Lipinski definition) is 12.